The summed E-state index contributed by atoms with van der Waals surface area (Å²) in [7, 11) is 0. The van der Waals surface area contributed by atoms with Crippen LogP contribution in [-0.4, -0.2) is 28.3 Å². The lowest BCUT2D eigenvalue weighted by molar-refractivity contribution is 0.0778. The number of hydrogen-bond donors (Lipinski definition) is 1. The number of rotatable bonds is 6. The van der Waals surface area contributed by atoms with E-state index in [4.69, 9.17) is 9.26 Å². The van der Waals surface area contributed by atoms with Crippen molar-refractivity contribution in [3.05, 3.63) is 27.8 Å². The van der Waals surface area contributed by atoms with Crippen LogP contribution in [0, 0.1) is 0 Å². The van der Waals surface area contributed by atoms with Crippen LogP contribution in [0.25, 0.3) is 0 Å². The van der Waals surface area contributed by atoms with Crippen molar-refractivity contribution >= 4 is 11.3 Å². The summed E-state index contributed by atoms with van der Waals surface area (Å²) in [6.07, 6.45) is 2.91. The fourth-order valence-electron chi connectivity index (χ4n) is 2.48. The lowest BCUT2D eigenvalue weighted by Gasteiger charge is -2.17. The zero-order valence-corrected chi connectivity index (χ0v) is 13.9. The molecule has 0 bridgehead atoms. The fourth-order valence-corrected chi connectivity index (χ4v) is 3.32. The quantitative estimate of drug-likeness (QED) is 0.881. The summed E-state index contributed by atoms with van der Waals surface area (Å²) >= 11 is 1.71. The topological polar surface area (TPSA) is 73.1 Å². The van der Waals surface area contributed by atoms with Gasteiger partial charge in [0, 0.05) is 30.6 Å². The standard InChI is InChI=1S/C15H22N4O2S/c1-3-14-17-12(9-22-14)10(2)16-8-13-18-15(21-19-13)11-4-6-20-7-5-11/h9-11,16H,3-8H2,1-2H3/t10-/m0/s1. The SMILES string of the molecule is CCc1nc([C@H](C)NCc2noc(C3CCOCC3)n2)cs1. The summed E-state index contributed by atoms with van der Waals surface area (Å²) in [5.41, 5.74) is 1.08. The van der Waals surface area contributed by atoms with E-state index in [1.54, 1.807) is 11.3 Å². The largest absolute Gasteiger partial charge is 0.381 e. The van der Waals surface area contributed by atoms with Crippen LogP contribution in [0.5, 0.6) is 0 Å². The Labute approximate surface area is 134 Å². The van der Waals surface area contributed by atoms with Crippen LogP contribution in [0.1, 0.15) is 61.1 Å². The molecule has 120 valence electrons. The average Bonchev–Trinajstić information content (AvgIpc) is 3.22. The summed E-state index contributed by atoms with van der Waals surface area (Å²) in [6, 6.07) is 0.182. The van der Waals surface area contributed by atoms with E-state index in [0.29, 0.717) is 18.3 Å². The van der Waals surface area contributed by atoms with E-state index < -0.39 is 0 Å². The molecule has 0 aromatic carbocycles. The van der Waals surface area contributed by atoms with Gasteiger partial charge in [0.2, 0.25) is 5.89 Å². The molecule has 0 aliphatic carbocycles. The first-order chi connectivity index (χ1) is 10.8. The van der Waals surface area contributed by atoms with Crippen LogP contribution >= 0.6 is 11.3 Å². The minimum Gasteiger partial charge on any atom is -0.381 e. The molecular formula is C15H22N4O2S. The Morgan fingerprint density at radius 2 is 2.18 bits per heavy atom. The Kier molecular flexibility index (Phi) is 5.17. The molecule has 0 saturated carbocycles. The highest BCUT2D eigenvalue weighted by atomic mass is 32.1. The van der Waals surface area contributed by atoms with Crippen LogP contribution in [0.3, 0.4) is 0 Å². The van der Waals surface area contributed by atoms with Crippen molar-refractivity contribution < 1.29 is 9.26 Å². The van der Waals surface area contributed by atoms with Crippen molar-refractivity contribution in [2.45, 2.75) is 51.6 Å². The van der Waals surface area contributed by atoms with Crippen molar-refractivity contribution in [1.82, 2.24) is 20.4 Å². The normalized spacial score (nSPS) is 17.7. The molecule has 6 nitrogen and oxygen atoms in total. The molecule has 1 N–H and O–H groups in total. The average molecular weight is 322 g/mol. The number of ether oxygens (including phenoxy) is 1. The Morgan fingerprint density at radius 1 is 1.36 bits per heavy atom. The Hall–Kier alpha value is -1.31. The van der Waals surface area contributed by atoms with E-state index in [1.807, 2.05) is 0 Å². The van der Waals surface area contributed by atoms with Crippen LogP contribution in [0.15, 0.2) is 9.90 Å². The second kappa shape index (κ2) is 7.30. The van der Waals surface area contributed by atoms with Crippen LogP contribution in [0.2, 0.25) is 0 Å². The second-order valence-electron chi connectivity index (χ2n) is 5.56. The van der Waals surface area contributed by atoms with E-state index in [0.717, 1.165) is 44.1 Å². The Balaban J connectivity index is 1.53. The first kappa shape index (κ1) is 15.6. The maximum absolute atomic E-state index is 5.39. The summed E-state index contributed by atoms with van der Waals surface area (Å²) in [5, 5.41) is 10.8. The first-order valence-corrected chi connectivity index (χ1v) is 8.72. The number of nitrogens with one attached hydrogen (secondary N) is 1. The van der Waals surface area contributed by atoms with Crippen molar-refractivity contribution in [2.75, 3.05) is 13.2 Å². The zero-order valence-electron chi connectivity index (χ0n) is 13.0. The van der Waals surface area contributed by atoms with Crippen molar-refractivity contribution in [1.29, 1.82) is 0 Å². The molecule has 3 heterocycles. The summed E-state index contributed by atoms with van der Waals surface area (Å²) < 4.78 is 10.8. The molecule has 2 aromatic heterocycles. The van der Waals surface area contributed by atoms with Gasteiger partial charge in [0.1, 0.15) is 0 Å². The molecule has 7 heteroatoms. The van der Waals surface area contributed by atoms with Gasteiger partial charge >= 0.3 is 0 Å². The predicted molar refractivity (Wildman–Crippen MR) is 83.8 cm³/mol. The van der Waals surface area contributed by atoms with Crippen LogP contribution < -0.4 is 5.32 Å². The number of aryl methyl sites for hydroxylation is 1. The monoisotopic (exact) mass is 322 g/mol. The molecule has 22 heavy (non-hydrogen) atoms. The third-order valence-corrected chi connectivity index (χ3v) is 4.95. The van der Waals surface area contributed by atoms with Gasteiger partial charge in [-0.3, -0.25) is 0 Å². The lowest BCUT2D eigenvalue weighted by atomic mass is 10.0. The van der Waals surface area contributed by atoms with Crippen LogP contribution in [-0.2, 0) is 17.7 Å². The van der Waals surface area contributed by atoms with E-state index in [9.17, 15) is 0 Å². The maximum atomic E-state index is 5.39. The van der Waals surface area contributed by atoms with E-state index in [2.05, 4.69) is 39.7 Å². The number of thiazole rings is 1. The van der Waals surface area contributed by atoms with E-state index in [-0.39, 0.29) is 6.04 Å². The lowest BCUT2D eigenvalue weighted by Crippen LogP contribution is -2.19. The number of nitrogens with zero attached hydrogens (tertiary/aromatic N) is 3. The minimum absolute atomic E-state index is 0.182. The third-order valence-electron chi connectivity index (χ3n) is 3.94. The molecule has 0 amide bonds. The molecule has 0 spiro atoms. The van der Waals surface area contributed by atoms with Crippen molar-refractivity contribution in [3.8, 4) is 0 Å². The molecule has 2 aromatic rings. The third kappa shape index (κ3) is 3.71. The Bertz CT molecular complexity index is 592. The molecular weight excluding hydrogens is 300 g/mol. The Morgan fingerprint density at radius 3 is 2.91 bits per heavy atom. The van der Waals surface area contributed by atoms with Crippen molar-refractivity contribution in [2.24, 2.45) is 0 Å². The van der Waals surface area contributed by atoms with Crippen LogP contribution in [0.4, 0.5) is 0 Å². The molecule has 1 atom stereocenters. The molecule has 0 unspecified atom stereocenters. The molecule has 0 radical (unpaired) electrons. The maximum Gasteiger partial charge on any atom is 0.229 e. The number of hydrogen-bond acceptors (Lipinski definition) is 7. The summed E-state index contributed by atoms with van der Waals surface area (Å²) in [4.78, 5) is 9.10. The van der Waals surface area contributed by atoms with Gasteiger partial charge < -0.3 is 14.6 Å². The molecule has 1 saturated heterocycles. The fraction of sp³-hybridized carbons (Fsp3) is 0.667. The molecule has 1 fully saturated rings. The van der Waals surface area contributed by atoms with Gasteiger partial charge in [0.25, 0.3) is 0 Å². The zero-order chi connectivity index (χ0) is 15.4. The molecule has 3 rings (SSSR count). The first-order valence-electron chi connectivity index (χ1n) is 7.84. The van der Waals surface area contributed by atoms with Gasteiger partial charge in [-0.1, -0.05) is 12.1 Å². The van der Waals surface area contributed by atoms with Gasteiger partial charge in [-0.05, 0) is 26.2 Å². The molecule has 1 aliphatic rings. The summed E-state index contributed by atoms with van der Waals surface area (Å²) in [6.45, 7) is 6.38. The smallest absolute Gasteiger partial charge is 0.229 e. The minimum atomic E-state index is 0.182. The van der Waals surface area contributed by atoms with Gasteiger partial charge in [-0.2, -0.15) is 4.98 Å². The predicted octanol–water partition coefficient (Wildman–Crippen LogP) is 2.83. The summed E-state index contributed by atoms with van der Waals surface area (Å²) in [5.74, 6) is 1.80. The van der Waals surface area contributed by atoms with Crippen molar-refractivity contribution in [3.63, 3.8) is 0 Å². The van der Waals surface area contributed by atoms with E-state index >= 15 is 0 Å². The van der Waals surface area contributed by atoms with Gasteiger partial charge in [0.15, 0.2) is 5.82 Å². The van der Waals surface area contributed by atoms with Gasteiger partial charge in [0.05, 0.1) is 17.2 Å². The highest BCUT2D eigenvalue weighted by Gasteiger charge is 2.22. The number of aromatic nitrogens is 3. The molecule has 1 aliphatic heterocycles. The second-order valence-corrected chi connectivity index (χ2v) is 6.50. The highest BCUT2D eigenvalue weighted by Crippen LogP contribution is 2.25. The van der Waals surface area contributed by atoms with Gasteiger partial charge in [-0.15, -0.1) is 11.3 Å². The van der Waals surface area contributed by atoms with E-state index in [1.165, 1.54) is 5.01 Å². The highest BCUT2D eigenvalue weighted by molar-refractivity contribution is 7.09. The van der Waals surface area contributed by atoms with Gasteiger partial charge in [-0.25, -0.2) is 4.98 Å².